The Morgan fingerprint density at radius 1 is 1.19 bits per heavy atom. The van der Waals surface area contributed by atoms with Crippen molar-refractivity contribution in [2.75, 3.05) is 7.11 Å². The maximum atomic E-state index is 11.3. The first-order valence-corrected chi connectivity index (χ1v) is 6.24. The molecule has 2 rings (SSSR count). The lowest BCUT2D eigenvalue weighted by Gasteiger charge is -2.14. The largest absolute Gasteiger partial charge is 0.507 e. The van der Waals surface area contributed by atoms with E-state index >= 15 is 0 Å². The molecule has 21 heavy (non-hydrogen) atoms. The van der Waals surface area contributed by atoms with Crippen LogP contribution in [-0.4, -0.2) is 28.7 Å². The van der Waals surface area contributed by atoms with Crippen molar-refractivity contribution in [1.29, 1.82) is 0 Å². The van der Waals surface area contributed by atoms with Gasteiger partial charge in [0.15, 0.2) is 17.8 Å². The first-order valence-electron chi connectivity index (χ1n) is 6.24. The van der Waals surface area contributed by atoms with Gasteiger partial charge in [-0.3, -0.25) is 4.79 Å². The highest BCUT2D eigenvalue weighted by Gasteiger charge is 2.21. The van der Waals surface area contributed by atoms with Crippen LogP contribution in [0.2, 0.25) is 0 Å². The van der Waals surface area contributed by atoms with E-state index in [1.165, 1.54) is 13.2 Å². The zero-order valence-electron chi connectivity index (χ0n) is 12.0. The normalized spacial score (nSPS) is 10.6. The first-order chi connectivity index (χ1) is 9.84. The zero-order valence-corrected chi connectivity index (χ0v) is 12.0. The second-order valence-corrected chi connectivity index (χ2v) is 4.94. The smallest absolute Gasteiger partial charge is 0.169 e. The lowest BCUT2D eigenvalue weighted by molar-refractivity contribution is 0.112. The van der Waals surface area contributed by atoms with Gasteiger partial charge in [0.25, 0.3) is 0 Å². The highest BCUT2D eigenvalue weighted by atomic mass is 16.5. The number of phenols is 3. The van der Waals surface area contributed by atoms with Crippen LogP contribution in [0.4, 0.5) is 0 Å². The topological polar surface area (TPSA) is 87.0 Å². The van der Waals surface area contributed by atoms with Gasteiger partial charge in [-0.05, 0) is 19.9 Å². The van der Waals surface area contributed by atoms with Gasteiger partial charge in [-0.2, -0.15) is 0 Å². The summed E-state index contributed by atoms with van der Waals surface area (Å²) in [5, 5.41) is 31.6. The summed E-state index contributed by atoms with van der Waals surface area (Å²) in [6.45, 7) is 7.19. The molecule has 3 N–H and O–H groups in total. The molecule has 5 heteroatoms. The Hall–Kier alpha value is -2.69. The highest BCUT2D eigenvalue weighted by Crippen LogP contribution is 2.38. The van der Waals surface area contributed by atoms with Gasteiger partial charge in [0, 0.05) is 21.2 Å². The molecule has 0 saturated heterocycles. The minimum Gasteiger partial charge on any atom is -0.507 e. The van der Waals surface area contributed by atoms with Gasteiger partial charge in [0.2, 0.25) is 0 Å². The Morgan fingerprint density at radius 2 is 1.81 bits per heavy atom. The second-order valence-electron chi connectivity index (χ2n) is 4.94. The SMILES string of the molecule is C=c1cc(O)c2c(C=O)c(O)c(OC)c(=C(C)C)c2c1O. The summed E-state index contributed by atoms with van der Waals surface area (Å²) in [6, 6.07) is 1.24. The molecule has 0 radical (unpaired) electrons. The molecule has 0 aliphatic carbocycles. The fraction of sp³-hybridized carbons (Fsp3) is 0.188. The number of carbonyl (C=O) groups excluding carboxylic acids is 1. The third-order valence-corrected chi connectivity index (χ3v) is 3.40. The summed E-state index contributed by atoms with van der Waals surface area (Å²) in [4.78, 5) is 11.3. The van der Waals surface area contributed by atoms with E-state index in [9.17, 15) is 20.1 Å². The highest BCUT2D eigenvalue weighted by molar-refractivity contribution is 6.08. The number of hydrogen-bond donors (Lipinski definition) is 3. The van der Waals surface area contributed by atoms with E-state index in [0.717, 1.165) is 5.57 Å². The minimum atomic E-state index is -0.372. The minimum absolute atomic E-state index is 0.0735. The number of aldehydes is 1. The molecule has 0 aliphatic heterocycles. The Bertz CT molecular complexity index is 861. The van der Waals surface area contributed by atoms with Crippen LogP contribution in [0.1, 0.15) is 24.2 Å². The summed E-state index contributed by atoms with van der Waals surface area (Å²) in [5.74, 6) is -0.705. The molecule has 5 nitrogen and oxygen atoms in total. The average molecular weight is 288 g/mol. The number of phenolic OH excluding ortho intramolecular Hbond substituents is 3. The van der Waals surface area contributed by atoms with E-state index in [1.807, 2.05) is 0 Å². The molecule has 0 aromatic heterocycles. The predicted octanol–water partition coefficient (Wildman–Crippen LogP) is 1.38. The molecule has 0 aliphatic rings. The van der Waals surface area contributed by atoms with Crippen LogP contribution < -0.4 is 15.2 Å². The van der Waals surface area contributed by atoms with Crippen molar-refractivity contribution in [3.05, 3.63) is 22.1 Å². The lowest BCUT2D eigenvalue weighted by Crippen LogP contribution is -2.14. The van der Waals surface area contributed by atoms with E-state index in [4.69, 9.17) is 4.74 Å². The zero-order chi connectivity index (χ0) is 15.9. The molecular weight excluding hydrogens is 272 g/mol. The predicted molar refractivity (Wildman–Crippen MR) is 80.4 cm³/mol. The van der Waals surface area contributed by atoms with Crippen molar-refractivity contribution < 1.29 is 24.9 Å². The molecule has 0 bridgehead atoms. The van der Waals surface area contributed by atoms with Crippen molar-refractivity contribution in [3.8, 4) is 23.0 Å². The Kier molecular flexibility index (Phi) is 3.51. The van der Waals surface area contributed by atoms with Gasteiger partial charge in [0.1, 0.15) is 11.5 Å². The van der Waals surface area contributed by atoms with E-state index in [-0.39, 0.29) is 44.6 Å². The summed E-state index contributed by atoms with van der Waals surface area (Å²) >= 11 is 0. The maximum Gasteiger partial charge on any atom is 0.169 e. The standard InChI is InChI=1S/C16H16O5/c1-7(2)11-13-12(10(18)5-8(3)14(13)19)9(6-17)15(20)16(11)21-4/h5-6,18-20H,3H2,1-2,4H3. The van der Waals surface area contributed by atoms with Crippen molar-refractivity contribution in [3.63, 3.8) is 0 Å². The fourth-order valence-electron chi connectivity index (χ4n) is 2.49. The molecule has 0 heterocycles. The van der Waals surface area contributed by atoms with E-state index in [2.05, 4.69) is 6.58 Å². The van der Waals surface area contributed by atoms with Gasteiger partial charge in [-0.15, -0.1) is 0 Å². The van der Waals surface area contributed by atoms with Crippen LogP contribution in [0.25, 0.3) is 22.9 Å². The van der Waals surface area contributed by atoms with Gasteiger partial charge in [-0.1, -0.05) is 12.2 Å². The average Bonchev–Trinajstić information content (AvgIpc) is 2.43. The monoisotopic (exact) mass is 288 g/mol. The van der Waals surface area contributed by atoms with Gasteiger partial charge in [-0.25, -0.2) is 0 Å². The summed E-state index contributed by atoms with van der Waals surface area (Å²) in [7, 11) is 1.35. The van der Waals surface area contributed by atoms with Crippen LogP contribution in [0.5, 0.6) is 23.0 Å². The number of rotatable bonds is 2. The second kappa shape index (κ2) is 5.01. The number of benzene rings is 2. The number of aromatic hydroxyl groups is 3. The molecule has 0 spiro atoms. The third kappa shape index (κ3) is 1.98. The number of ether oxygens (including phenoxy) is 1. The Balaban J connectivity index is 3.41. The molecule has 0 atom stereocenters. The molecule has 0 saturated carbocycles. The molecule has 2 aromatic carbocycles. The van der Waals surface area contributed by atoms with Crippen LogP contribution in [0.15, 0.2) is 6.07 Å². The van der Waals surface area contributed by atoms with Crippen LogP contribution in [0.3, 0.4) is 0 Å². The number of methoxy groups -OCH3 is 1. The number of carbonyl (C=O) groups is 1. The van der Waals surface area contributed by atoms with Crippen LogP contribution in [-0.2, 0) is 0 Å². The number of fused-ring (bicyclic) bond motifs is 1. The molecule has 2 aromatic rings. The first kappa shape index (κ1) is 14.7. The van der Waals surface area contributed by atoms with Crippen LogP contribution >= 0.6 is 0 Å². The molecule has 0 unspecified atom stereocenters. The molecular formula is C16H16O5. The Labute approximate surface area is 121 Å². The summed E-state index contributed by atoms with van der Waals surface area (Å²) in [5.41, 5.74) is 0.601. The summed E-state index contributed by atoms with van der Waals surface area (Å²) in [6.07, 6.45) is 0.414. The fourth-order valence-corrected chi connectivity index (χ4v) is 2.49. The van der Waals surface area contributed by atoms with E-state index < -0.39 is 0 Å². The molecule has 0 amide bonds. The molecule has 0 fully saturated rings. The lowest BCUT2D eigenvalue weighted by atomic mass is 9.96. The maximum absolute atomic E-state index is 11.3. The Morgan fingerprint density at radius 3 is 2.29 bits per heavy atom. The third-order valence-electron chi connectivity index (χ3n) is 3.40. The van der Waals surface area contributed by atoms with Crippen molar-refractivity contribution in [2.45, 2.75) is 13.8 Å². The van der Waals surface area contributed by atoms with Gasteiger partial charge < -0.3 is 20.1 Å². The van der Waals surface area contributed by atoms with Crippen molar-refractivity contribution in [2.24, 2.45) is 0 Å². The van der Waals surface area contributed by atoms with Crippen molar-refractivity contribution >= 4 is 29.2 Å². The van der Waals surface area contributed by atoms with E-state index in [0.29, 0.717) is 11.5 Å². The van der Waals surface area contributed by atoms with Crippen LogP contribution in [0, 0.1) is 0 Å². The van der Waals surface area contributed by atoms with Gasteiger partial charge in [0.05, 0.1) is 12.7 Å². The summed E-state index contributed by atoms with van der Waals surface area (Å²) < 4.78 is 5.18. The molecule has 110 valence electrons. The van der Waals surface area contributed by atoms with Gasteiger partial charge >= 0.3 is 0 Å². The number of hydrogen-bond acceptors (Lipinski definition) is 5. The van der Waals surface area contributed by atoms with E-state index in [1.54, 1.807) is 13.8 Å². The quantitative estimate of drug-likeness (QED) is 0.574. The van der Waals surface area contributed by atoms with Crippen molar-refractivity contribution in [1.82, 2.24) is 0 Å².